The minimum absolute atomic E-state index is 0.0252. The zero-order valence-corrected chi connectivity index (χ0v) is 14.8. The molecule has 0 aromatic heterocycles. The van der Waals surface area contributed by atoms with Crippen molar-refractivity contribution in [3.63, 3.8) is 0 Å². The average molecular weight is 356 g/mol. The number of anilines is 1. The average Bonchev–Trinajstić information content (AvgIpc) is 3.04. The molecule has 1 aliphatic carbocycles. The van der Waals surface area contributed by atoms with Crippen molar-refractivity contribution in [3.8, 4) is 0 Å². The van der Waals surface area contributed by atoms with Crippen LogP contribution in [0.4, 0.5) is 5.69 Å². The molecule has 1 heterocycles. The summed E-state index contributed by atoms with van der Waals surface area (Å²) in [6.07, 6.45) is 2.66. The van der Waals surface area contributed by atoms with Crippen LogP contribution in [0.5, 0.6) is 0 Å². The molecule has 0 spiro atoms. The van der Waals surface area contributed by atoms with E-state index in [1.54, 1.807) is 25.2 Å². The number of nitrogens with one attached hydrogen (secondary N) is 1. The fourth-order valence-corrected chi connectivity index (χ4v) is 5.18. The first kappa shape index (κ1) is 16.3. The number of carbonyl (C=O) groups excluding carboxylic acids is 1. The minimum atomic E-state index is -3.59. The van der Waals surface area contributed by atoms with Crippen molar-refractivity contribution in [1.82, 2.24) is 4.31 Å². The highest BCUT2D eigenvalue weighted by molar-refractivity contribution is 7.89. The van der Waals surface area contributed by atoms with Gasteiger partial charge in [-0.2, -0.15) is 4.31 Å². The Bertz CT molecular complexity index is 953. The quantitative estimate of drug-likeness (QED) is 0.920. The van der Waals surface area contributed by atoms with Gasteiger partial charge in [0.1, 0.15) is 0 Å². The number of hydrogen-bond acceptors (Lipinski definition) is 3. The molecule has 130 valence electrons. The van der Waals surface area contributed by atoms with E-state index in [0.717, 1.165) is 24.0 Å². The van der Waals surface area contributed by atoms with Crippen LogP contribution in [0.3, 0.4) is 0 Å². The Morgan fingerprint density at radius 3 is 2.68 bits per heavy atom. The molecule has 1 aliphatic heterocycles. The Kier molecular flexibility index (Phi) is 3.89. The molecule has 5 nitrogen and oxygen atoms in total. The summed E-state index contributed by atoms with van der Waals surface area (Å²) in [5.74, 6) is -0.0252. The molecule has 2 aliphatic rings. The van der Waals surface area contributed by atoms with Gasteiger partial charge in [-0.25, -0.2) is 8.42 Å². The maximum atomic E-state index is 13.1. The van der Waals surface area contributed by atoms with E-state index in [0.29, 0.717) is 18.5 Å². The lowest BCUT2D eigenvalue weighted by molar-refractivity contribution is -0.116. The molecule has 0 radical (unpaired) electrons. The summed E-state index contributed by atoms with van der Waals surface area (Å²) >= 11 is 0. The Balaban J connectivity index is 1.67. The van der Waals surface area contributed by atoms with Gasteiger partial charge in [-0.15, -0.1) is 0 Å². The van der Waals surface area contributed by atoms with Crippen molar-refractivity contribution in [2.24, 2.45) is 0 Å². The molecule has 6 heteroatoms. The molecule has 1 atom stereocenters. The van der Waals surface area contributed by atoms with Gasteiger partial charge in [-0.1, -0.05) is 24.3 Å². The third-order valence-corrected chi connectivity index (χ3v) is 7.05. The first-order valence-electron chi connectivity index (χ1n) is 8.45. The Morgan fingerprint density at radius 1 is 1.04 bits per heavy atom. The molecule has 2 aromatic carbocycles. The van der Waals surface area contributed by atoms with Crippen LogP contribution in [0, 0.1) is 0 Å². The second kappa shape index (κ2) is 5.97. The molecule has 0 saturated heterocycles. The molecule has 0 bridgehead atoms. The number of sulfonamides is 1. The highest BCUT2D eigenvalue weighted by atomic mass is 32.2. The summed E-state index contributed by atoms with van der Waals surface area (Å²) < 4.78 is 27.7. The molecule has 0 saturated carbocycles. The van der Waals surface area contributed by atoms with Crippen LogP contribution in [0.15, 0.2) is 47.4 Å². The second-order valence-corrected chi connectivity index (χ2v) is 8.64. The van der Waals surface area contributed by atoms with E-state index >= 15 is 0 Å². The van der Waals surface area contributed by atoms with E-state index in [4.69, 9.17) is 0 Å². The number of hydrogen-bond donors (Lipinski definition) is 1. The number of rotatable bonds is 3. The molecular weight excluding hydrogens is 336 g/mol. The first-order chi connectivity index (χ1) is 12.0. The maximum absolute atomic E-state index is 13.1. The van der Waals surface area contributed by atoms with Gasteiger partial charge in [0.05, 0.1) is 10.9 Å². The standard InChI is InChI=1S/C19H20N2O3S/c1-21(18-10-6-13-4-2-3-5-16(13)18)25(23,24)15-8-9-17-14(12-15)7-11-19(22)20-17/h2-5,8-9,12,18H,6-7,10-11H2,1H3,(H,20,22). The fraction of sp³-hybridized carbons (Fsp3) is 0.316. The van der Waals surface area contributed by atoms with Gasteiger partial charge in [-0.05, 0) is 54.2 Å². The molecule has 2 aromatic rings. The Labute approximate surface area is 147 Å². The molecule has 4 rings (SSSR count). The SMILES string of the molecule is CN(C1CCc2ccccc21)S(=O)(=O)c1ccc2c(c1)CCC(=O)N2. The van der Waals surface area contributed by atoms with Crippen molar-refractivity contribution < 1.29 is 13.2 Å². The fourth-order valence-electron chi connectivity index (χ4n) is 3.77. The van der Waals surface area contributed by atoms with Crippen LogP contribution in [-0.2, 0) is 27.7 Å². The van der Waals surface area contributed by atoms with Crippen molar-refractivity contribution in [1.29, 1.82) is 0 Å². The molecule has 0 fully saturated rings. The summed E-state index contributed by atoms with van der Waals surface area (Å²) in [5, 5.41) is 2.79. The number of aryl methyl sites for hydroxylation is 2. The monoisotopic (exact) mass is 356 g/mol. The van der Waals surface area contributed by atoms with Gasteiger partial charge >= 0.3 is 0 Å². The van der Waals surface area contributed by atoms with Crippen molar-refractivity contribution in [3.05, 3.63) is 59.2 Å². The smallest absolute Gasteiger partial charge is 0.243 e. The first-order valence-corrected chi connectivity index (χ1v) is 9.89. The van der Waals surface area contributed by atoms with Crippen molar-refractivity contribution in [2.45, 2.75) is 36.6 Å². The summed E-state index contributed by atoms with van der Waals surface area (Å²) in [6.45, 7) is 0. The number of amides is 1. The summed E-state index contributed by atoms with van der Waals surface area (Å²) in [5.41, 5.74) is 3.91. The highest BCUT2D eigenvalue weighted by Gasteiger charge is 2.33. The van der Waals surface area contributed by atoms with E-state index in [9.17, 15) is 13.2 Å². The lowest BCUT2D eigenvalue weighted by Crippen LogP contribution is -2.30. The van der Waals surface area contributed by atoms with Gasteiger partial charge in [0, 0.05) is 19.2 Å². The van der Waals surface area contributed by atoms with Gasteiger partial charge in [0.2, 0.25) is 15.9 Å². The normalized spacial score (nSPS) is 19.4. The summed E-state index contributed by atoms with van der Waals surface area (Å²) in [7, 11) is -1.94. The van der Waals surface area contributed by atoms with Gasteiger partial charge in [0.25, 0.3) is 0 Å². The molecule has 1 amide bonds. The van der Waals surface area contributed by atoms with E-state index in [-0.39, 0.29) is 16.8 Å². The van der Waals surface area contributed by atoms with Crippen LogP contribution in [0.1, 0.15) is 35.6 Å². The van der Waals surface area contributed by atoms with Crippen LogP contribution in [-0.4, -0.2) is 25.7 Å². The molecular formula is C19H20N2O3S. The zero-order valence-electron chi connectivity index (χ0n) is 14.0. The van der Waals surface area contributed by atoms with Gasteiger partial charge < -0.3 is 5.32 Å². The van der Waals surface area contributed by atoms with Crippen LogP contribution in [0.2, 0.25) is 0 Å². The van der Waals surface area contributed by atoms with Crippen LogP contribution >= 0.6 is 0 Å². The van der Waals surface area contributed by atoms with Gasteiger partial charge in [0.15, 0.2) is 0 Å². The highest BCUT2D eigenvalue weighted by Crippen LogP contribution is 2.38. The van der Waals surface area contributed by atoms with Crippen LogP contribution < -0.4 is 5.32 Å². The predicted octanol–water partition coefficient (Wildman–Crippen LogP) is 2.88. The third kappa shape index (κ3) is 2.75. The Morgan fingerprint density at radius 2 is 1.84 bits per heavy atom. The largest absolute Gasteiger partial charge is 0.326 e. The molecule has 1 unspecified atom stereocenters. The Hall–Kier alpha value is -2.18. The number of benzene rings is 2. The minimum Gasteiger partial charge on any atom is -0.326 e. The topological polar surface area (TPSA) is 66.5 Å². The number of carbonyl (C=O) groups is 1. The molecule has 1 N–H and O–H groups in total. The zero-order chi connectivity index (χ0) is 17.6. The predicted molar refractivity (Wildman–Crippen MR) is 95.8 cm³/mol. The van der Waals surface area contributed by atoms with Crippen molar-refractivity contribution in [2.75, 3.05) is 12.4 Å². The molecule has 25 heavy (non-hydrogen) atoms. The number of nitrogens with zero attached hydrogens (tertiary/aromatic N) is 1. The third-order valence-electron chi connectivity index (χ3n) is 5.19. The lowest BCUT2D eigenvalue weighted by Gasteiger charge is -2.26. The maximum Gasteiger partial charge on any atom is 0.243 e. The van der Waals surface area contributed by atoms with E-state index in [1.807, 2.05) is 18.2 Å². The van der Waals surface area contributed by atoms with Gasteiger partial charge in [-0.3, -0.25) is 4.79 Å². The van der Waals surface area contributed by atoms with E-state index in [2.05, 4.69) is 11.4 Å². The van der Waals surface area contributed by atoms with E-state index in [1.165, 1.54) is 9.87 Å². The second-order valence-electron chi connectivity index (χ2n) is 6.64. The summed E-state index contributed by atoms with van der Waals surface area (Å²) in [6, 6.07) is 12.9. The summed E-state index contributed by atoms with van der Waals surface area (Å²) in [4.78, 5) is 11.8. The lowest BCUT2D eigenvalue weighted by atomic mass is 10.0. The van der Waals surface area contributed by atoms with Crippen LogP contribution in [0.25, 0.3) is 0 Å². The van der Waals surface area contributed by atoms with E-state index < -0.39 is 10.0 Å². The van der Waals surface area contributed by atoms with Crippen molar-refractivity contribution >= 4 is 21.6 Å². The number of fused-ring (bicyclic) bond motifs is 2.